The molecule has 0 atom stereocenters. The molecule has 2 nitrogen and oxygen atoms in total. The van der Waals surface area contributed by atoms with Crippen LogP contribution in [-0.2, 0) is 6.54 Å². The molecule has 0 aliphatic carbocycles. The van der Waals surface area contributed by atoms with E-state index in [1.54, 1.807) is 11.3 Å². The van der Waals surface area contributed by atoms with Crippen LogP contribution in [0.15, 0.2) is 76.4 Å². The second-order valence-electron chi connectivity index (χ2n) is 6.98. The van der Waals surface area contributed by atoms with Crippen LogP contribution in [0.1, 0.15) is 23.5 Å². The fourth-order valence-electron chi connectivity index (χ4n) is 3.01. The van der Waals surface area contributed by atoms with Crippen LogP contribution in [0.5, 0.6) is 0 Å². The molecule has 0 aliphatic rings. The Morgan fingerprint density at radius 1 is 1.06 bits per heavy atom. The van der Waals surface area contributed by atoms with E-state index in [0.29, 0.717) is 29.3 Å². The molecule has 0 N–H and O–H groups in total. The predicted molar refractivity (Wildman–Crippen MR) is 150 cm³/mol. The van der Waals surface area contributed by atoms with E-state index in [1.807, 2.05) is 35.3 Å². The molecule has 4 aromatic rings. The molecule has 2 heterocycles. The van der Waals surface area contributed by atoms with Gasteiger partial charge in [0.2, 0.25) is 17.8 Å². The fourth-order valence-corrected chi connectivity index (χ4v) is 8.45. The zero-order valence-electron chi connectivity index (χ0n) is 16.8. The van der Waals surface area contributed by atoms with Gasteiger partial charge >= 0.3 is 50.5 Å². The molecule has 0 unspecified atom stereocenters. The molecule has 2 aromatic carbocycles. The minimum atomic E-state index is 0.0515. The molecule has 9 heteroatoms. The summed E-state index contributed by atoms with van der Waals surface area (Å²) in [6.07, 6.45) is 0. The van der Waals surface area contributed by atoms with E-state index < -0.39 is 0 Å². The maximum atomic E-state index is 12.8. The summed E-state index contributed by atoms with van der Waals surface area (Å²) in [5.41, 5.74) is 1.14. The van der Waals surface area contributed by atoms with Gasteiger partial charge in [-0.15, -0.1) is 11.3 Å². The van der Waals surface area contributed by atoms with Crippen LogP contribution in [0, 0.1) is 0 Å². The van der Waals surface area contributed by atoms with Gasteiger partial charge < -0.3 is 0 Å². The number of halogens is 3. The van der Waals surface area contributed by atoms with E-state index >= 15 is 0 Å². The zero-order chi connectivity index (χ0) is 22.3. The number of Topliss-reactive ketones (excluding diaryl/α,β-unsaturated/α-hetero) is 1. The second-order valence-corrected chi connectivity index (χ2v) is 29.5. The summed E-state index contributed by atoms with van der Waals surface area (Å²) >= 11 is 10.5. The number of para-hydroxylation sites is 1. The van der Waals surface area contributed by atoms with Crippen molar-refractivity contribution in [1.29, 1.82) is 0 Å². The van der Waals surface area contributed by atoms with Crippen LogP contribution >= 0.6 is 71.7 Å². The number of hydrogen-bond acceptors (Lipinski definition) is 4. The molecule has 2 aromatic heterocycles. The molecule has 2 radical (unpaired) electrons. The average molecular weight is 819 g/mol. The molecule has 0 bridgehead atoms. The zero-order valence-corrected chi connectivity index (χ0v) is 26.8. The summed E-state index contributed by atoms with van der Waals surface area (Å²) in [6.45, 7) is 4.97. The van der Waals surface area contributed by atoms with Gasteiger partial charge in [0.1, 0.15) is 14.2 Å². The molecular weight excluding hydrogens is 799 g/mol. The Bertz CT molecular complexity index is 1120. The number of fused-ring (bicyclic) bond motifs is 1. The van der Waals surface area contributed by atoms with Gasteiger partial charge in [-0.25, -0.2) is 0 Å². The quantitative estimate of drug-likeness (QED) is 0.0933. The van der Waals surface area contributed by atoms with Gasteiger partial charge in [-0.1, -0.05) is 78.9 Å². The van der Waals surface area contributed by atoms with E-state index in [4.69, 9.17) is 0 Å². The summed E-state index contributed by atoms with van der Waals surface area (Å²) in [7, 11) is 0.687. The van der Waals surface area contributed by atoms with Crippen LogP contribution in [-0.4, -0.2) is 19.7 Å². The van der Waals surface area contributed by atoms with E-state index in [2.05, 4.69) is 104 Å². The number of carbonyl (C=O) groups excluding carboxylic acids is 1. The van der Waals surface area contributed by atoms with Crippen molar-refractivity contribution >= 4 is 102 Å². The Morgan fingerprint density at radius 2 is 1.74 bits per heavy atom. The first-order valence-electron chi connectivity index (χ1n) is 9.31. The molecule has 162 valence electrons. The number of nitrogens with zero attached hydrogens (tertiary/aromatic N) is 1. The minimum absolute atomic E-state index is 0.0515. The molecule has 0 saturated heterocycles. The molecule has 31 heavy (non-hydrogen) atoms. The Labute approximate surface area is 228 Å². The number of benzene rings is 2. The first kappa shape index (κ1) is 26.1. The van der Waals surface area contributed by atoms with Crippen molar-refractivity contribution < 1.29 is 22.6 Å². The van der Waals surface area contributed by atoms with Crippen molar-refractivity contribution in [1.82, 2.24) is 0 Å². The number of hydrogen-bond donors (Lipinski definition) is 0. The van der Waals surface area contributed by atoms with Crippen molar-refractivity contribution in [3.05, 3.63) is 77.0 Å². The van der Waals surface area contributed by atoms with Crippen LogP contribution in [0.3, 0.4) is 0 Å². The Hall–Kier alpha value is 0.457. The van der Waals surface area contributed by atoms with E-state index in [1.165, 1.54) is 25.6 Å². The van der Waals surface area contributed by atoms with Gasteiger partial charge in [0.05, 0.1) is 4.88 Å². The number of thiazole rings is 1. The van der Waals surface area contributed by atoms with E-state index in [-0.39, 0.29) is 10.2 Å². The number of thiophene rings is 1. The first-order valence-corrected chi connectivity index (χ1v) is 25.4. The summed E-state index contributed by atoms with van der Waals surface area (Å²) < 4.78 is 4.67. The first-order chi connectivity index (χ1) is 14.9. The van der Waals surface area contributed by atoms with Crippen molar-refractivity contribution in [2.75, 3.05) is 0 Å². The summed E-state index contributed by atoms with van der Waals surface area (Å²) in [6, 6.07) is 22.9. The molecular formula is C22H20I3NOS3Si. The third-order valence-corrected chi connectivity index (χ3v) is 9.35. The standard InChI is InChI=1S/C22H20NOS3Si.I3/c1-22(2,28-16-9-4-3-5-10-16)27-21-23(15-18(24)20-13-8-14-25-20)17-11-6-7-12-19(17)26-21;1-3-2/h3-14H,15H2,1-2H3;/q+1;-1. The SMILES string of the molecule is CC(C)([Si]c1ccccc1)Sc1sc2ccccc2[n+]1CC(=O)c1cccs1.I[I-]I. The van der Waals surface area contributed by atoms with Gasteiger partial charge in [0.25, 0.3) is 4.34 Å². The van der Waals surface area contributed by atoms with Crippen LogP contribution < -0.4 is 23.0 Å². The molecule has 0 aliphatic heterocycles. The van der Waals surface area contributed by atoms with Crippen LogP contribution in [0.25, 0.3) is 10.2 Å². The normalized spacial score (nSPS) is 11.4. The van der Waals surface area contributed by atoms with Crippen molar-refractivity contribution in [3.63, 3.8) is 0 Å². The van der Waals surface area contributed by atoms with Crippen LogP contribution in [0.2, 0.25) is 0 Å². The van der Waals surface area contributed by atoms with Gasteiger partial charge in [-0.2, -0.15) is 4.57 Å². The summed E-state index contributed by atoms with van der Waals surface area (Å²) in [5.74, 6) is 0.175. The van der Waals surface area contributed by atoms with Gasteiger partial charge in [-0.05, 0) is 29.3 Å². The number of ketones is 1. The van der Waals surface area contributed by atoms with E-state index in [0.717, 1.165) is 10.4 Å². The Morgan fingerprint density at radius 3 is 2.42 bits per heavy atom. The molecule has 0 saturated carbocycles. The number of carbonyl (C=O) groups is 1. The van der Waals surface area contributed by atoms with Crippen molar-refractivity contribution in [2.24, 2.45) is 0 Å². The molecule has 0 spiro atoms. The summed E-state index contributed by atoms with van der Waals surface area (Å²) in [5, 5.41) is 3.32. The second kappa shape index (κ2) is 12.8. The van der Waals surface area contributed by atoms with Crippen molar-refractivity contribution in [3.8, 4) is 0 Å². The number of thioether (sulfide) groups is 1. The molecule has 0 amide bonds. The molecule has 0 fully saturated rings. The fraction of sp³-hybridized carbons (Fsp3) is 0.182. The van der Waals surface area contributed by atoms with Gasteiger partial charge in [-0.3, -0.25) is 4.79 Å². The van der Waals surface area contributed by atoms with Crippen molar-refractivity contribution in [2.45, 2.75) is 29.1 Å². The van der Waals surface area contributed by atoms with Gasteiger partial charge in [0.15, 0.2) is 0 Å². The third-order valence-electron chi connectivity index (χ3n) is 4.23. The topological polar surface area (TPSA) is 20.9 Å². The molecule has 4 rings (SSSR count). The Kier molecular flexibility index (Phi) is 10.8. The third kappa shape index (κ3) is 7.74. The average Bonchev–Trinajstić information content (AvgIpc) is 3.38. The predicted octanol–water partition coefficient (Wildman–Crippen LogP) is 3.77. The monoisotopic (exact) mass is 819 g/mol. The Balaban J connectivity index is 0.000000858. The van der Waals surface area contributed by atoms with E-state index in [9.17, 15) is 4.79 Å². The van der Waals surface area contributed by atoms with Gasteiger partial charge in [0, 0.05) is 10.4 Å². The number of aromatic nitrogens is 1. The van der Waals surface area contributed by atoms with Crippen LogP contribution in [0.4, 0.5) is 0 Å². The maximum absolute atomic E-state index is 12.8. The number of rotatable bonds is 7. The summed E-state index contributed by atoms with van der Waals surface area (Å²) in [4.78, 5) is 13.6.